The molecule has 1 aliphatic rings. The molecule has 0 spiro atoms. The lowest BCUT2D eigenvalue weighted by molar-refractivity contribution is 0.581. The van der Waals surface area contributed by atoms with Crippen molar-refractivity contribution < 1.29 is 0 Å². The maximum absolute atomic E-state index is 4.96. The van der Waals surface area contributed by atoms with Crippen LogP contribution >= 0.6 is 23.7 Å². The lowest BCUT2D eigenvalue weighted by Crippen LogP contribution is -2.44. The van der Waals surface area contributed by atoms with Crippen molar-refractivity contribution in [1.29, 1.82) is 0 Å². The second kappa shape index (κ2) is 7.05. The molecule has 0 atom stereocenters. The van der Waals surface area contributed by atoms with E-state index in [1.165, 1.54) is 15.8 Å². The molecule has 3 heterocycles. The Kier molecular flexibility index (Phi) is 5.04. The van der Waals surface area contributed by atoms with E-state index < -0.39 is 0 Å². The molecule has 4 nitrogen and oxygen atoms in total. The highest BCUT2D eigenvalue weighted by Gasteiger charge is 2.19. The first-order valence-corrected chi connectivity index (χ1v) is 8.84. The van der Waals surface area contributed by atoms with Gasteiger partial charge in [-0.1, -0.05) is 30.3 Å². The van der Waals surface area contributed by atoms with Crippen LogP contribution in [0, 0.1) is 13.8 Å². The molecule has 1 aromatic carbocycles. The van der Waals surface area contributed by atoms with Gasteiger partial charge in [0.1, 0.15) is 4.83 Å². The summed E-state index contributed by atoms with van der Waals surface area (Å²) in [5.41, 5.74) is 3.53. The van der Waals surface area contributed by atoms with Crippen LogP contribution in [0.2, 0.25) is 0 Å². The number of aryl methyl sites for hydroxylation is 2. The quantitative estimate of drug-likeness (QED) is 0.754. The summed E-state index contributed by atoms with van der Waals surface area (Å²) in [6.45, 7) is 8.25. The highest BCUT2D eigenvalue weighted by Crippen LogP contribution is 2.36. The van der Waals surface area contributed by atoms with Crippen LogP contribution in [0.1, 0.15) is 10.4 Å². The monoisotopic (exact) mass is 360 g/mol. The first-order valence-electron chi connectivity index (χ1n) is 8.03. The summed E-state index contributed by atoms with van der Waals surface area (Å²) >= 11 is 1.77. The Bertz CT molecular complexity index is 841. The highest BCUT2D eigenvalue weighted by molar-refractivity contribution is 7.18. The summed E-state index contributed by atoms with van der Waals surface area (Å²) in [6, 6.07) is 10.5. The van der Waals surface area contributed by atoms with E-state index in [0.717, 1.165) is 48.2 Å². The van der Waals surface area contributed by atoms with Gasteiger partial charge in [-0.15, -0.1) is 23.7 Å². The van der Waals surface area contributed by atoms with Gasteiger partial charge in [0.25, 0.3) is 0 Å². The number of benzene rings is 1. The van der Waals surface area contributed by atoms with Crippen LogP contribution in [0.5, 0.6) is 0 Å². The Hall–Kier alpha value is -1.69. The molecule has 0 aliphatic carbocycles. The molecule has 1 fully saturated rings. The molecular formula is C18H21ClN4S. The van der Waals surface area contributed by atoms with Crippen LogP contribution in [-0.2, 0) is 0 Å². The maximum Gasteiger partial charge on any atom is 0.227 e. The minimum Gasteiger partial charge on any atom is -0.338 e. The van der Waals surface area contributed by atoms with E-state index in [4.69, 9.17) is 9.97 Å². The molecule has 1 aliphatic heterocycles. The zero-order valence-corrected chi connectivity index (χ0v) is 15.5. The zero-order valence-electron chi connectivity index (χ0n) is 13.9. The summed E-state index contributed by atoms with van der Waals surface area (Å²) in [6.07, 6.45) is 0. The average Bonchev–Trinajstić information content (AvgIpc) is 2.90. The second-order valence-corrected chi connectivity index (χ2v) is 7.14. The predicted molar refractivity (Wildman–Crippen MR) is 105 cm³/mol. The van der Waals surface area contributed by atoms with E-state index in [1.54, 1.807) is 11.3 Å². The van der Waals surface area contributed by atoms with Gasteiger partial charge in [0.05, 0.1) is 5.69 Å². The fourth-order valence-corrected chi connectivity index (χ4v) is 4.07. The fourth-order valence-electron chi connectivity index (χ4n) is 3.05. The summed E-state index contributed by atoms with van der Waals surface area (Å²) in [7, 11) is 0. The number of hydrogen-bond donors (Lipinski definition) is 1. The van der Waals surface area contributed by atoms with E-state index in [2.05, 4.69) is 48.3 Å². The van der Waals surface area contributed by atoms with Gasteiger partial charge in [-0.3, -0.25) is 0 Å². The van der Waals surface area contributed by atoms with Crippen molar-refractivity contribution in [3.63, 3.8) is 0 Å². The van der Waals surface area contributed by atoms with Crippen molar-refractivity contribution in [1.82, 2.24) is 15.3 Å². The first kappa shape index (κ1) is 17.1. The van der Waals surface area contributed by atoms with Crippen LogP contribution in [0.3, 0.4) is 0 Å². The van der Waals surface area contributed by atoms with E-state index in [0.29, 0.717) is 0 Å². The Morgan fingerprint density at radius 1 is 1.04 bits per heavy atom. The molecule has 2 aromatic heterocycles. The number of rotatable bonds is 2. The number of aromatic nitrogens is 2. The lowest BCUT2D eigenvalue weighted by Gasteiger charge is -2.27. The molecular weight excluding hydrogens is 340 g/mol. The topological polar surface area (TPSA) is 41.1 Å². The molecule has 126 valence electrons. The van der Waals surface area contributed by atoms with Crippen LogP contribution in [0.25, 0.3) is 21.5 Å². The molecule has 1 saturated heterocycles. The van der Waals surface area contributed by atoms with Crippen LogP contribution in [-0.4, -0.2) is 36.1 Å². The van der Waals surface area contributed by atoms with Gasteiger partial charge >= 0.3 is 0 Å². The normalized spacial score (nSPS) is 14.7. The van der Waals surface area contributed by atoms with E-state index in [9.17, 15) is 0 Å². The van der Waals surface area contributed by atoms with Gasteiger partial charge < -0.3 is 10.2 Å². The summed E-state index contributed by atoms with van der Waals surface area (Å²) in [4.78, 5) is 14.5. The van der Waals surface area contributed by atoms with Crippen molar-refractivity contribution in [3.8, 4) is 11.3 Å². The molecule has 1 N–H and O–H groups in total. The number of fused-ring (bicyclic) bond motifs is 1. The van der Waals surface area contributed by atoms with Gasteiger partial charge in [0.2, 0.25) is 5.95 Å². The van der Waals surface area contributed by atoms with Crippen molar-refractivity contribution in [2.24, 2.45) is 0 Å². The van der Waals surface area contributed by atoms with Crippen molar-refractivity contribution in [2.75, 3.05) is 31.1 Å². The summed E-state index contributed by atoms with van der Waals surface area (Å²) < 4.78 is 0. The van der Waals surface area contributed by atoms with Crippen LogP contribution in [0.15, 0.2) is 30.3 Å². The minimum atomic E-state index is 0. The molecule has 0 amide bonds. The first-order chi connectivity index (χ1) is 11.2. The number of halogens is 1. The van der Waals surface area contributed by atoms with Crippen molar-refractivity contribution >= 4 is 39.9 Å². The van der Waals surface area contributed by atoms with E-state index in [-0.39, 0.29) is 12.4 Å². The largest absolute Gasteiger partial charge is 0.338 e. The standard InChI is InChI=1S/C18H20N4S.ClH/c1-12-13(2)23-17-15(12)16(14-6-4-3-5-7-14)20-18(21-17)22-10-8-19-9-11-22;/h3-7,19H,8-11H2,1-2H3;1H. The van der Waals surface area contributed by atoms with E-state index >= 15 is 0 Å². The second-order valence-electron chi connectivity index (χ2n) is 5.94. The molecule has 4 rings (SSSR count). The van der Waals surface area contributed by atoms with Crippen LogP contribution in [0.4, 0.5) is 5.95 Å². The van der Waals surface area contributed by atoms with Crippen molar-refractivity contribution in [2.45, 2.75) is 13.8 Å². The maximum atomic E-state index is 4.96. The highest BCUT2D eigenvalue weighted by atomic mass is 35.5. The number of nitrogens with one attached hydrogen (secondary N) is 1. The lowest BCUT2D eigenvalue weighted by atomic mass is 10.1. The number of hydrogen-bond acceptors (Lipinski definition) is 5. The summed E-state index contributed by atoms with van der Waals surface area (Å²) in [5.74, 6) is 0.860. The average molecular weight is 361 g/mol. The minimum absolute atomic E-state index is 0. The third-order valence-electron chi connectivity index (χ3n) is 4.46. The fraction of sp³-hybridized carbons (Fsp3) is 0.333. The molecule has 3 aromatic rings. The van der Waals surface area contributed by atoms with Gasteiger partial charge in [-0.2, -0.15) is 0 Å². The van der Waals surface area contributed by atoms with Gasteiger partial charge in [0.15, 0.2) is 0 Å². The van der Waals surface area contributed by atoms with Crippen molar-refractivity contribution in [3.05, 3.63) is 40.8 Å². The number of thiophene rings is 1. The molecule has 0 radical (unpaired) electrons. The molecule has 24 heavy (non-hydrogen) atoms. The van der Waals surface area contributed by atoms with E-state index in [1.807, 2.05) is 6.07 Å². The van der Waals surface area contributed by atoms with Gasteiger partial charge in [-0.05, 0) is 19.4 Å². The smallest absolute Gasteiger partial charge is 0.227 e. The molecule has 0 bridgehead atoms. The third kappa shape index (κ3) is 2.99. The Balaban J connectivity index is 0.00000169. The molecule has 0 saturated carbocycles. The zero-order chi connectivity index (χ0) is 15.8. The Morgan fingerprint density at radius 2 is 1.75 bits per heavy atom. The SMILES string of the molecule is Cc1sc2nc(N3CCNCC3)nc(-c3ccccc3)c2c1C.Cl. The van der Waals surface area contributed by atoms with Gasteiger partial charge in [0, 0.05) is 42.0 Å². The molecule has 0 unspecified atom stereocenters. The Morgan fingerprint density at radius 3 is 2.46 bits per heavy atom. The molecule has 6 heteroatoms. The van der Waals surface area contributed by atoms with Gasteiger partial charge in [-0.25, -0.2) is 9.97 Å². The predicted octanol–water partition coefficient (Wildman–Crippen LogP) is 3.81. The summed E-state index contributed by atoms with van der Waals surface area (Å²) in [5, 5.41) is 4.59. The number of anilines is 1. The number of nitrogens with zero attached hydrogens (tertiary/aromatic N) is 3. The third-order valence-corrected chi connectivity index (χ3v) is 5.57. The number of piperazine rings is 1. The Labute approximate surface area is 152 Å². The van der Waals surface area contributed by atoms with Crippen LogP contribution < -0.4 is 10.2 Å².